The van der Waals surface area contributed by atoms with E-state index in [-0.39, 0.29) is 11.8 Å². The monoisotopic (exact) mass is 682 g/mol. The Balaban J connectivity index is 1.17. The molecular weight excluding hydrogens is 651 g/mol. The van der Waals surface area contributed by atoms with E-state index in [9.17, 15) is 14.7 Å². The van der Waals surface area contributed by atoms with Crippen LogP contribution in [0.25, 0.3) is 10.6 Å². The summed E-state index contributed by atoms with van der Waals surface area (Å²) in [6, 6.07) is 4.12. The highest BCUT2D eigenvalue weighted by Gasteiger charge is 2.30. The van der Waals surface area contributed by atoms with Crippen LogP contribution in [0.4, 0.5) is 16.0 Å². The summed E-state index contributed by atoms with van der Waals surface area (Å²) in [6.45, 7) is 4.87. The number of thiazole rings is 1. The van der Waals surface area contributed by atoms with E-state index in [2.05, 4.69) is 20.1 Å². The number of hydrogen-bond donors (Lipinski definition) is 2. The zero-order valence-corrected chi connectivity index (χ0v) is 27.4. The minimum Gasteiger partial charge on any atom is -0.481 e. The van der Waals surface area contributed by atoms with Crippen LogP contribution in [0.1, 0.15) is 55.3 Å². The van der Waals surface area contributed by atoms with Crippen LogP contribution in [-0.4, -0.2) is 77.2 Å². The molecule has 9 nitrogen and oxygen atoms in total. The van der Waals surface area contributed by atoms with Crippen molar-refractivity contribution in [3.63, 3.8) is 0 Å². The first-order valence-electron chi connectivity index (χ1n) is 14.7. The number of carbonyl (C=O) groups is 2. The summed E-state index contributed by atoms with van der Waals surface area (Å²) < 4.78 is 0.510. The number of carboxylic acid groups (broad SMARTS) is 1. The Hall–Kier alpha value is -2.15. The van der Waals surface area contributed by atoms with E-state index < -0.39 is 5.97 Å². The molecule has 3 fully saturated rings. The highest BCUT2D eigenvalue weighted by molar-refractivity contribution is 7.22. The van der Waals surface area contributed by atoms with Gasteiger partial charge in [-0.05, 0) is 37.8 Å². The first-order chi connectivity index (χ1) is 20.8. The summed E-state index contributed by atoms with van der Waals surface area (Å²) in [5.74, 6) is -0.928. The van der Waals surface area contributed by atoms with Crippen molar-refractivity contribution in [3.8, 4) is 10.6 Å². The molecule has 0 radical (unpaired) electrons. The number of carbonyl (C=O) groups excluding carboxylic acids is 1. The molecule has 0 atom stereocenters. The smallest absolute Gasteiger partial charge is 0.306 e. The molecule has 6 rings (SSSR count). The number of piperidine rings is 1. The van der Waals surface area contributed by atoms with Crippen molar-refractivity contribution in [2.45, 2.75) is 51.0 Å². The third kappa shape index (κ3) is 6.92. The lowest BCUT2D eigenvalue weighted by Crippen LogP contribution is -2.50. The van der Waals surface area contributed by atoms with Gasteiger partial charge in [0.2, 0.25) is 0 Å². The van der Waals surface area contributed by atoms with Crippen molar-refractivity contribution in [1.82, 2.24) is 14.9 Å². The van der Waals surface area contributed by atoms with Crippen LogP contribution in [0.5, 0.6) is 0 Å². The predicted molar refractivity (Wildman–Crippen MR) is 176 cm³/mol. The number of amides is 1. The molecule has 3 aromatic heterocycles. The van der Waals surface area contributed by atoms with Crippen LogP contribution in [0.15, 0.2) is 18.3 Å². The molecule has 1 saturated carbocycles. The molecule has 3 aromatic rings. The van der Waals surface area contributed by atoms with E-state index in [1.807, 2.05) is 11.0 Å². The topological polar surface area (TPSA) is 102 Å². The Morgan fingerprint density at radius 1 is 0.884 bits per heavy atom. The van der Waals surface area contributed by atoms with Gasteiger partial charge in [-0.1, -0.05) is 65.4 Å². The van der Waals surface area contributed by atoms with Gasteiger partial charge in [0.25, 0.3) is 5.91 Å². The SMILES string of the molecule is O=C(Nc1nc(-c2cc(Cl)c(Cl)s2)c(N2CCN(C3CCCCC3)CC2)s1)c1cnc(N2CCC(C(=O)O)CC2)c(Cl)c1. The maximum absolute atomic E-state index is 13.3. The quantitative estimate of drug-likeness (QED) is 0.269. The number of nitrogens with one attached hydrogen (secondary N) is 1. The fourth-order valence-corrected chi connectivity index (χ4v) is 8.97. The summed E-state index contributed by atoms with van der Waals surface area (Å²) in [5, 5.41) is 14.5. The summed E-state index contributed by atoms with van der Waals surface area (Å²) in [5.41, 5.74) is 1.08. The Labute approximate surface area is 273 Å². The van der Waals surface area contributed by atoms with Gasteiger partial charge in [-0.15, -0.1) is 11.3 Å². The summed E-state index contributed by atoms with van der Waals surface area (Å²) in [7, 11) is 0. The van der Waals surface area contributed by atoms with Gasteiger partial charge in [-0.2, -0.15) is 0 Å². The predicted octanol–water partition coefficient (Wildman–Crippen LogP) is 7.23. The van der Waals surface area contributed by atoms with E-state index in [0.29, 0.717) is 62.9 Å². The number of halogens is 3. The van der Waals surface area contributed by atoms with Crippen molar-refractivity contribution < 1.29 is 14.7 Å². The fraction of sp³-hybridized carbons (Fsp3) is 0.517. The largest absolute Gasteiger partial charge is 0.481 e. The Morgan fingerprint density at radius 3 is 2.23 bits per heavy atom. The average Bonchev–Trinajstić information content (AvgIpc) is 3.59. The molecule has 43 heavy (non-hydrogen) atoms. The maximum atomic E-state index is 13.3. The first kappa shape index (κ1) is 30.9. The molecule has 1 aliphatic carbocycles. The summed E-state index contributed by atoms with van der Waals surface area (Å²) in [4.78, 5) is 41.7. The van der Waals surface area contributed by atoms with Crippen LogP contribution in [0, 0.1) is 5.92 Å². The number of nitrogens with zero attached hydrogens (tertiary/aromatic N) is 5. The zero-order valence-electron chi connectivity index (χ0n) is 23.5. The highest BCUT2D eigenvalue weighted by Crippen LogP contribution is 2.45. The van der Waals surface area contributed by atoms with Gasteiger partial charge in [0.15, 0.2) is 5.13 Å². The molecular formula is C29H33Cl3N6O3S2. The Kier molecular flexibility index (Phi) is 9.66. The lowest BCUT2D eigenvalue weighted by Gasteiger charge is -2.41. The molecule has 230 valence electrons. The van der Waals surface area contributed by atoms with Gasteiger partial charge in [-0.3, -0.25) is 19.8 Å². The molecule has 0 bridgehead atoms. The third-order valence-electron chi connectivity index (χ3n) is 8.63. The molecule has 1 amide bonds. The molecule has 2 saturated heterocycles. The summed E-state index contributed by atoms with van der Waals surface area (Å²) in [6.07, 6.45) is 9.12. The Morgan fingerprint density at radius 2 is 1.60 bits per heavy atom. The van der Waals surface area contributed by atoms with Crippen molar-refractivity contribution in [3.05, 3.63) is 38.3 Å². The zero-order chi connectivity index (χ0) is 30.1. The molecule has 2 N–H and O–H groups in total. The molecule has 0 spiro atoms. The molecule has 3 aliphatic rings. The van der Waals surface area contributed by atoms with E-state index in [1.165, 1.54) is 61.0 Å². The van der Waals surface area contributed by atoms with Gasteiger partial charge >= 0.3 is 5.97 Å². The molecule has 5 heterocycles. The van der Waals surface area contributed by atoms with Crippen LogP contribution in [0.2, 0.25) is 14.4 Å². The lowest BCUT2D eigenvalue weighted by atomic mass is 9.94. The van der Waals surface area contributed by atoms with Crippen molar-refractivity contribution >= 4 is 85.3 Å². The number of carboxylic acids is 1. The van der Waals surface area contributed by atoms with Gasteiger partial charge in [0.05, 0.1) is 26.4 Å². The normalized spacial score (nSPS) is 19.1. The number of aliphatic carboxylic acids is 1. The van der Waals surface area contributed by atoms with Crippen LogP contribution >= 0.6 is 57.5 Å². The second-order valence-corrected chi connectivity index (χ2v) is 14.7. The second kappa shape index (κ2) is 13.5. The van der Waals surface area contributed by atoms with Crippen molar-refractivity contribution in [1.29, 1.82) is 0 Å². The molecule has 0 unspecified atom stereocenters. The van der Waals surface area contributed by atoms with Gasteiger partial charge in [0.1, 0.15) is 20.8 Å². The van der Waals surface area contributed by atoms with E-state index >= 15 is 0 Å². The average molecular weight is 684 g/mol. The number of piperazine rings is 1. The number of aromatic nitrogens is 2. The van der Waals surface area contributed by atoms with Gasteiger partial charge in [-0.25, -0.2) is 9.97 Å². The summed E-state index contributed by atoms with van der Waals surface area (Å²) >= 11 is 22.0. The standard InChI is InChI=1S/C29H33Cl3N6O3S2/c30-20-15-22(42-24(20)32)23-27(38-12-10-36(11-13-38)19-4-2-1-3-5-19)43-29(34-23)35-26(39)18-14-21(31)25(33-16-18)37-8-6-17(7-9-37)28(40)41/h14-17,19H,1-13H2,(H,40,41)(H,34,35,39). The van der Waals surface area contributed by atoms with E-state index in [1.54, 1.807) is 6.07 Å². The van der Waals surface area contributed by atoms with Crippen LogP contribution < -0.4 is 15.1 Å². The Bertz CT molecular complexity index is 1460. The molecule has 2 aliphatic heterocycles. The van der Waals surface area contributed by atoms with E-state index in [0.717, 1.165) is 41.8 Å². The van der Waals surface area contributed by atoms with Crippen molar-refractivity contribution in [2.75, 3.05) is 54.4 Å². The second-order valence-electron chi connectivity index (χ2n) is 11.3. The number of hydrogen-bond acceptors (Lipinski definition) is 9. The minimum atomic E-state index is -0.772. The van der Waals surface area contributed by atoms with Crippen LogP contribution in [-0.2, 0) is 4.79 Å². The van der Waals surface area contributed by atoms with Gasteiger partial charge in [0, 0.05) is 51.5 Å². The molecule has 0 aromatic carbocycles. The highest BCUT2D eigenvalue weighted by atomic mass is 35.5. The lowest BCUT2D eigenvalue weighted by molar-refractivity contribution is -0.142. The van der Waals surface area contributed by atoms with Gasteiger partial charge < -0.3 is 14.9 Å². The maximum Gasteiger partial charge on any atom is 0.306 e. The minimum absolute atomic E-state index is 0.316. The number of anilines is 3. The van der Waals surface area contributed by atoms with Crippen molar-refractivity contribution in [2.24, 2.45) is 5.92 Å². The molecule has 14 heteroatoms. The third-order valence-corrected chi connectivity index (χ3v) is 11.8. The van der Waals surface area contributed by atoms with E-state index in [4.69, 9.17) is 39.8 Å². The fourth-order valence-electron chi connectivity index (χ4n) is 6.24. The first-order valence-corrected chi connectivity index (χ1v) is 17.4. The van der Waals surface area contributed by atoms with Crippen LogP contribution in [0.3, 0.4) is 0 Å². The number of rotatable bonds is 7. The number of thiophene rings is 1. The number of pyridine rings is 1.